The summed E-state index contributed by atoms with van der Waals surface area (Å²) in [4.78, 5) is 51.2. The molecule has 4 unspecified atom stereocenters. The largest absolute Gasteiger partial charge is 0.463 e. The number of esters is 3. The van der Waals surface area contributed by atoms with E-state index < -0.39 is 48.0 Å². The Morgan fingerprint density at radius 3 is 2.24 bits per heavy atom. The van der Waals surface area contributed by atoms with Crippen molar-refractivity contribution in [1.29, 1.82) is 0 Å². The number of piperidine rings is 1. The van der Waals surface area contributed by atoms with Gasteiger partial charge in [0, 0.05) is 33.9 Å². The van der Waals surface area contributed by atoms with Gasteiger partial charge in [-0.3, -0.25) is 23.9 Å². The summed E-state index contributed by atoms with van der Waals surface area (Å²) in [5.74, 6) is -1.28. The lowest BCUT2D eigenvalue weighted by Crippen LogP contribution is -2.42. The average Bonchev–Trinajstić information content (AvgIpc) is 3.55. The van der Waals surface area contributed by atoms with Crippen LogP contribution in [0, 0.1) is 0 Å². The molecule has 0 amide bonds. The van der Waals surface area contributed by atoms with E-state index in [4.69, 9.17) is 24.0 Å². The molecular formula is C23H30N6O8. The van der Waals surface area contributed by atoms with Crippen LogP contribution in [-0.4, -0.2) is 80.7 Å². The van der Waals surface area contributed by atoms with Gasteiger partial charge in [0.2, 0.25) is 0 Å². The molecule has 4 atom stereocenters. The van der Waals surface area contributed by atoms with Crippen LogP contribution in [0.5, 0.6) is 0 Å². The van der Waals surface area contributed by atoms with Crippen LogP contribution in [-0.2, 0) is 33.3 Å². The third kappa shape index (κ3) is 5.02. The highest BCUT2D eigenvalue weighted by molar-refractivity contribution is 5.86. The summed E-state index contributed by atoms with van der Waals surface area (Å²) in [5.41, 5.74) is 0.172. The predicted molar refractivity (Wildman–Crippen MR) is 126 cm³/mol. The zero-order chi connectivity index (χ0) is 26.3. The van der Waals surface area contributed by atoms with Crippen LogP contribution in [0.2, 0.25) is 0 Å². The summed E-state index contributed by atoms with van der Waals surface area (Å²) in [6.07, 6.45) is 0.332. The fourth-order valence-corrected chi connectivity index (χ4v) is 4.91. The van der Waals surface area contributed by atoms with Crippen LogP contribution < -0.4 is 10.5 Å². The van der Waals surface area contributed by atoms with Crippen molar-refractivity contribution in [1.82, 2.24) is 24.8 Å². The van der Waals surface area contributed by atoms with E-state index in [2.05, 4.69) is 15.2 Å². The minimum Gasteiger partial charge on any atom is -0.463 e. The van der Waals surface area contributed by atoms with Crippen LogP contribution >= 0.6 is 0 Å². The maximum Gasteiger partial charge on any atom is 0.303 e. The predicted octanol–water partition coefficient (Wildman–Crippen LogP) is 0.637. The topological polar surface area (TPSA) is 157 Å². The number of nitrogens with zero attached hydrogens (tertiary/aromatic N) is 6. The lowest BCUT2D eigenvalue weighted by Gasteiger charge is -2.26. The van der Waals surface area contributed by atoms with Gasteiger partial charge in [0.25, 0.3) is 5.56 Å². The minimum absolute atomic E-state index is 0.0886. The molecule has 0 aromatic carbocycles. The highest BCUT2D eigenvalue weighted by Gasteiger charge is 2.52. The Balaban J connectivity index is 1.57. The van der Waals surface area contributed by atoms with E-state index in [1.54, 1.807) is 4.68 Å². The number of ether oxygens (including phenoxy) is 4. The molecule has 0 spiro atoms. The van der Waals surface area contributed by atoms with Crippen molar-refractivity contribution in [3.63, 3.8) is 0 Å². The van der Waals surface area contributed by atoms with Crippen molar-refractivity contribution >= 4 is 34.8 Å². The molecule has 37 heavy (non-hydrogen) atoms. The number of carbonyl (C=O) groups excluding carboxylic acids is 3. The molecule has 14 heteroatoms. The van der Waals surface area contributed by atoms with E-state index in [0.29, 0.717) is 11.3 Å². The molecule has 2 aliphatic heterocycles. The van der Waals surface area contributed by atoms with E-state index in [9.17, 15) is 19.2 Å². The number of hydrogen-bond donors (Lipinski definition) is 0. The van der Waals surface area contributed by atoms with Crippen molar-refractivity contribution in [2.45, 2.75) is 83.5 Å². The maximum atomic E-state index is 13.9. The van der Waals surface area contributed by atoms with Gasteiger partial charge in [-0.15, -0.1) is 5.10 Å². The van der Waals surface area contributed by atoms with Crippen molar-refractivity contribution < 1.29 is 33.3 Å². The Morgan fingerprint density at radius 2 is 1.62 bits per heavy atom. The first-order valence-corrected chi connectivity index (χ1v) is 12.5. The Kier molecular flexibility index (Phi) is 6.84. The number of rotatable bonds is 7. The van der Waals surface area contributed by atoms with Crippen LogP contribution in [0.4, 0.5) is 5.82 Å². The summed E-state index contributed by atoms with van der Waals surface area (Å²) >= 11 is 0. The summed E-state index contributed by atoms with van der Waals surface area (Å²) in [7, 11) is 0. The van der Waals surface area contributed by atoms with Crippen LogP contribution in [0.1, 0.15) is 65.1 Å². The maximum absolute atomic E-state index is 13.9. The molecule has 3 fully saturated rings. The molecule has 0 N–H and O–H groups in total. The van der Waals surface area contributed by atoms with Gasteiger partial charge in [0.05, 0.1) is 6.04 Å². The van der Waals surface area contributed by atoms with Crippen LogP contribution in [0.15, 0.2) is 4.79 Å². The number of anilines is 1. The van der Waals surface area contributed by atoms with E-state index in [-0.39, 0.29) is 18.2 Å². The normalized spacial score (nSPS) is 25.8. The molecule has 0 radical (unpaired) electrons. The first kappa shape index (κ1) is 25.1. The van der Waals surface area contributed by atoms with Crippen LogP contribution in [0.25, 0.3) is 11.0 Å². The molecule has 200 valence electrons. The van der Waals surface area contributed by atoms with E-state index in [1.165, 1.54) is 20.8 Å². The van der Waals surface area contributed by atoms with Gasteiger partial charge < -0.3 is 23.8 Å². The van der Waals surface area contributed by atoms with Crippen molar-refractivity contribution in [3.05, 3.63) is 10.4 Å². The van der Waals surface area contributed by atoms with Gasteiger partial charge in [0.15, 0.2) is 35.3 Å². The Bertz CT molecular complexity index is 1260. The molecule has 1 aliphatic carbocycles. The van der Waals surface area contributed by atoms with E-state index >= 15 is 0 Å². The zero-order valence-electron chi connectivity index (χ0n) is 21.0. The standard InChI is InChI=1S/C23H30N6O8/c1-12(30)34-11-16-19(35-13(2)31)20(36-14(3)32)23(37-16)29-22(33)18-17(24-26-29)21(25-28(18)15-7-8-15)27-9-5-4-6-10-27/h15-16,19-20,23H,4-11H2,1-3H3. The lowest BCUT2D eigenvalue weighted by molar-refractivity contribution is -0.166. The molecule has 1 saturated carbocycles. The van der Waals surface area contributed by atoms with Crippen molar-refractivity contribution in [2.75, 3.05) is 24.6 Å². The number of hydrogen-bond acceptors (Lipinski definition) is 12. The second-order valence-electron chi connectivity index (χ2n) is 9.60. The molecule has 5 rings (SSSR count). The summed E-state index contributed by atoms with van der Waals surface area (Å²) in [6.45, 7) is 4.96. The zero-order valence-corrected chi connectivity index (χ0v) is 21.0. The van der Waals surface area contributed by atoms with Gasteiger partial charge >= 0.3 is 17.9 Å². The molecule has 2 aromatic heterocycles. The minimum atomic E-state index is -1.28. The fourth-order valence-electron chi connectivity index (χ4n) is 4.91. The second kappa shape index (κ2) is 10.1. The molecular weight excluding hydrogens is 488 g/mol. The van der Waals surface area contributed by atoms with Gasteiger partial charge in [-0.2, -0.15) is 9.78 Å². The molecule has 2 aromatic rings. The summed E-state index contributed by atoms with van der Waals surface area (Å²) < 4.78 is 24.6. The van der Waals surface area contributed by atoms with Crippen LogP contribution in [0.3, 0.4) is 0 Å². The quantitative estimate of drug-likeness (QED) is 0.373. The number of aromatic nitrogens is 5. The monoisotopic (exact) mass is 518 g/mol. The van der Waals surface area contributed by atoms with Gasteiger partial charge in [-0.05, 0) is 32.1 Å². The molecule has 2 saturated heterocycles. The Labute approximate surface area is 211 Å². The molecule has 0 bridgehead atoms. The van der Waals surface area contributed by atoms with Crippen molar-refractivity contribution in [3.8, 4) is 0 Å². The number of fused-ring (bicyclic) bond motifs is 1. The van der Waals surface area contributed by atoms with E-state index in [1.807, 2.05) is 0 Å². The fraction of sp³-hybridized carbons (Fsp3) is 0.696. The smallest absolute Gasteiger partial charge is 0.303 e. The molecule has 3 aliphatic rings. The van der Waals surface area contributed by atoms with Gasteiger partial charge in [0.1, 0.15) is 12.7 Å². The molecule has 4 heterocycles. The van der Waals surface area contributed by atoms with Gasteiger partial charge in [-0.25, -0.2) is 0 Å². The van der Waals surface area contributed by atoms with Gasteiger partial charge in [-0.1, -0.05) is 5.21 Å². The Morgan fingerprint density at radius 1 is 0.946 bits per heavy atom. The highest BCUT2D eigenvalue weighted by atomic mass is 16.7. The lowest BCUT2D eigenvalue weighted by atomic mass is 10.1. The summed E-state index contributed by atoms with van der Waals surface area (Å²) in [6, 6.07) is 0.0886. The number of carbonyl (C=O) groups is 3. The summed E-state index contributed by atoms with van der Waals surface area (Å²) in [5, 5.41) is 13.3. The van der Waals surface area contributed by atoms with E-state index in [0.717, 1.165) is 49.9 Å². The first-order valence-electron chi connectivity index (χ1n) is 12.5. The first-order chi connectivity index (χ1) is 17.7. The van der Waals surface area contributed by atoms with Crippen molar-refractivity contribution in [2.24, 2.45) is 0 Å². The SMILES string of the molecule is CC(=O)OCC1OC(n2nnc3c(N4CCCCC4)nn(C4CC4)c3c2=O)C(OC(C)=O)C1OC(C)=O. The Hall–Kier alpha value is -3.55. The third-order valence-electron chi connectivity index (χ3n) is 6.65. The third-order valence-corrected chi connectivity index (χ3v) is 6.65. The second-order valence-corrected chi connectivity index (χ2v) is 9.60. The highest BCUT2D eigenvalue weighted by Crippen LogP contribution is 2.39. The molecule has 14 nitrogen and oxygen atoms in total. The average molecular weight is 519 g/mol.